The number of amides is 3. The van der Waals surface area contributed by atoms with Crippen LogP contribution in [-0.2, 0) is 0 Å². The fraction of sp³-hybridized carbons (Fsp3) is 0.471. The standard InChI is InChI=1S/C17H20N2O3/c1-19-16(21)13-9-8-11(10-14(13)17(19)22)15(20)18-12-6-4-2-3-5-7-12/h8-10,12H,2-7H2,1H3,(H,18,20). The van der Waals surface area contributed by atoms with Gasteiger partial charge in [-0.15, -0.1) is 0 Å². The van der Waals surface area contributed by atoms with Gasteiger partial charge >= 0.3 is 0 Å². The monoisotopic (exact) mass is 300 g/mol. The number of hydrogen-bond donors (Lipinski definition) is 1. The molecule has 1 fully saturated rings. The molecule has 1 aliphatic heterocycles. The number of carbonyl (C=O) groups excluding carboxylic acids is 3. The maximum atomic E-state index is 12.4. The van der Waals surface area contributed by atoms with Crippen molar-refractivity contribution in [1.29, 1.82) is 0 Å². The molecule has 5 heteroatoms. The Kier molecular flexibility index (Phi) is 3.96. The zero-order valence-electron chi connectivity index (χ0n) is 12.7. The maximum absolute atomic E-state index is 12.4. The third-order valence-corrected chi connectivity index (χ3v) is 4.54. The molecule has 0 atom stereocenters. The van der Waals surface area contributed by atoms with Crippen LogP contribution >= 0.6 is 0 Å². The van der Waals surface area contributed by atoms with Crippen LogP contribution in [0.5, 0.6) is 0 Å². The number of nitrogens with one attached hydrogen (secondary N) is 1. The van der Waals surface area contributed by atoms with Gasteiger partial charge in [0.05, 0.1) is 11.1 Å². The smallest absolute Gasteiger partial charge is 0.261 e. The molecule has 3 amide bonds. The van der Waals surface area contributed by atoms with Crippen molar-refractivity contribution in [3.8, 4) is 0 Å². The molecule has 22 heavy (non-hydrogen) atoms. The summed E-state index contributed by atoms with van der Waals surface area (Å²) in [7, 11) is 1.45. The molecule has 5 nitrogen and oxygen atoms in total. The number of fused-ring (bicyclic) bond motifs is 1. The Hall–Kier alpha value is -2.17. The molecule has 0 saturated heterocycles. The fourth-order valence-corrected chi connectivity index (χ4v) is 3.19. The molecule has 0 spiro atoms. The number of nitrogens with zero attached hydrogens (tertiary/aromatic N) is 1. The molecule has 0 aromatic heterocycles. The Morgan fingerprint density at radius 1 is 1.05 bits per heavy atom. The van der Waals surface area contributed by atoms with E-state index in [-0.39, 0.29) is 23.8 Å². The largest absolute Gasteiger partial charge is 0.349 e. The predicted molar refractivity (Wildman–Crippen MR) is 81.8 cm³/mol. The quantitative estimate of drug-likeness (QED) is 0.673. The van der Waals surface area contributed by atoms with Crippen LogP contribution in [-0.4, -0.2) is 35.7 Å². The highest BCUT2D eigenvalue weighted by molar-refractivity contribution is 6.21. The molecule has 0 radical (unpaired) electrons. The van der Waals surface area contributed by atoms with Crippen LogP contribution < -0.4 is 5.32 Å². The summed E-state index contributed by atoms with van der Waals surface area (Å²) < 4.78 is 0. The average Bonchev–Trinajstić information content (AvgIpc) is 2.73. The lowest BCUT2D eigenvalue weighted by molar-refractivity contribution is 0.0693. The molecule has 1 aromatic carbocycles. The second-order valence-corrected chi connectivity index (χ2v) is 6.09. The SMILES string of the molecule is CN1C(=O)c2ccc(C(=O)NC3CCCCCC3)cc2C1=O. The van der Waals surface area contributed by atoms with E-state index in [1.54, 1.807) is 12.1 Å². The van der Waals surface area contributed by atoms with Crippen molar-refractivity contribution < 1.29 is 14.4 Å². The van der Waals surface area contributed by atoms with Crippen LogP contribution in [0.1, 0.15) is 69.6 Å². The van der Waals surface area contributed by atoms with E-state index in [4.69, 9.17) is 0 Å². The first kappa shape index (κ1) is 14.8. The zero-order valence-corrected chi connectivity index (χ0v) is 12.7. The van der Waals surface area contributed by atoms with E-state index in [1.807, 2.05) is 0 Å². The van der Waals surface area contributed by atoms with E-state index in [1.165, 1.54) is 26.0 Å². The topological polar surface area (TPSA) is 66.5 Å². The molecule has 1 heterocycles. The summed E-state index contributed by atoms with van der Waals surface area (Å²) >= 11 is 0. The number of imide groups is 1. The molecule has 1 aliphatic carbocycles. The summed E-state index contributed by atoms with van der Waals surface area (Å²) in [5.41, 5.74) is 1.14. The van der Waals surface area contributed by atoms with Gasteiger partial charge in [0.1, 0.15) is 0 Å². The Balaban J connectivity index is 1.77. The van der Waals surface area contributed by atoms with E-state index >= 15 is 0 Å². The third kappa shape index (κ3) is 2.63. The minimum Gasteiger partial charge on any atom is -0.349 e. The molecule has 1 aromatic rings. The van der Waals surface area contributed by atoms with Crippen LogP contribution in [0, 0.1) is 0 Å². The second-order valence-electron chi connectivity index (χ2n) is 6.09. The van der Waals surface area contributed by atoms with E-state index in [0.29, 0.717) is 16.7 Å². The summed E-state index contributed by atoms with van der Waals surface area (Å²) in [5, 5.41) is 3.05. The van der Waals surface area contributed by atoms with Crippen LogP contribution in [0.4, 0.5) is 0 Å². The van der Waals surface area contributed by atoms with Crippen molar-refractivity contribution in [2.45, 2.75) is 44.6 Å². The van der Waals surface area contributed by atoms with Gasteiger partial charge in [0, 0.05) is 18.7 Å². The summed E-state index contributed by atoms with van der Waals surface area (Å²) in [5.74, 6) is -0.815. The molecule has 2 aliphatic rings. The molecule has 1 saturated carbocycles. The van der Waals surface area contributed by atoms with Crippen molar-refractivity contribution in [2.75, 3.05) is 7.05 Å². The Bertz CT molecular complexity index is 631. The van der Waals surface area contributed by atoms with Crippen molar-refractivity contribution in [2.24, 2.45) is 0 Å². The van der Waals surface area contributed by atoms with Gasteiger partial charge in [-0.2, -0.15) is 0 Å². The lowest BCUT2D eigenvalue weighted by Gasteiger charge is -2.16. The Labute approximate surface area is 129 Å². The van der Waals surface area contributed by atoms with Gasteiger partial charge in [0.25, 0.3) is 17.7 Å². The van der Waals surface area contributed by atoms with Gasteiger partial charge in [-0.05, 0) is 31.0 Å². The van der Waals surface area contributed by atoms with Crippen LogP contribution in [0.2, 0.25) is 0 Å². The zero-order chi connectivity index (χ0) is 15.7. The maximum Gasteiger partial charge on any atom is 0.261 e. The van der Waals surface area contributed by atoms with E-state index in [9.17, 15) is 14.4 Å². The van der Waals surface area contributed by atoms with Crippen molar-refractivity contribution in [3.63, 3.8) is 0 Å². The first-order chi connectivity index (χ1) is 10.6. The van der Waals surface area contributed by atoms with Crippen LogP contribution in [0.15, 0.2) is 18.2 Å². The summed E-state index contributed by atoms with van der Waals surface area (Å²) in [6, 6.07) is 4.93. The summed E-state index contributed by atoms with van der Waals surface area (Å²) in [6.07, 6.45) is 6.77. The lowest BCUT2D eigenvalue weighted by Crippen LogP contribution is -2.34. The van der Waals surface area contributed by atoms with Gasteiger partial charge in [-0.3, -0.25) is 19.3 Å². The van der Waals surface area contributed by atoms with Crippen molar-refractivity contribution in [3.05, 3.63) is 34.9 Å². The van der Waals surface area contributed by atoms with E-state index < -0.39 is 0 Å². The average molecular weight is 300 g/mol. The number of hydrogen-bond acceptors (Lipinski definition) is 3. The second kappa shape index (κ2) is 5.91. The molecule has 1 N–H and O–H groups in total. The minimum absolute atomic E-state index is 0.162. The fourth-order valence-electron chi connectivity index (χ4n) is 3.19. The highest BCUT2D eigenvalue weighted by atomic mass is 16.2. The number of rotatable bonds is 2. The molecule has 116 valence electrons. The third-order valence-electron chi connectivity index (χ3n) is 4.54. The van der Waals surface area contributed by atoms with E-state index in [0.717, 1.165) is 30.6 Å². The molecule has 0 bridgehead atoms. The first-order valence-electron chi connectivity index (χ1n) is 7.85. The Morgan fingerprint density at radius 2 is 1.68 bits per heavy atom. The van der Waals surface area contributed by atoms with Gasteiger partial charge in [0.15, 0.2) is 0 Å². The minimum atomic E-state index is -0.343. The van der Waals surface area contributed by atoms with E-state index in [2.05, 4.69) is 5.32 Å². The molecule has 3 rings (SSSR count). The number of benzene rings is 1. The highest BCUT2D eigenvalue weighted by Crippen LogP contribution is 2.23. The normalized spacial score (nSPS) is 19.0. The molecular formula is C17H20N2O3. The van der Waals surface area contributed by atoms with Crippen molar-refractivity contribution >= 4 is 17.7 Å². The predicted octanol–water partition coefficient (Wildman–Crippen LogP) is 2.37. The lowest BCUT2D eigenvalue weighted by atomic mass is 10.0. The van der Waals surface area contributed by atoms with Gasteiger partial charge in [-0.25, -0.2) is 0 Å². The summed E-state index contributed by atoms with van der Waals surface area (Å²) in [4.78, 5) is 37.3. The molecular weight excluding hydrogens is 280 g/mol. The van der Waals surface area contributed by atoms with Gasteiger partial charge < -0.3 is 5.32 Å². The highest BCUT2D eigenvalue weighted by Gasteiger charge is 2.33. The van der Waals surface area contributed by atoms with Crippen molar-refractivity contribution in [1.82, 2.24) is 10.2 Å². The first-order valence-corrected chi connectivity index (χ1v) is 7.85. The van der Waals surface area contributed by atoms with Crippen LogP contribution in [0.3, 0.4) is 0 Å². The number of carbonyl (C=O) groups is 3. The molecule has 0 unspecified atom stereocenters. The summed E-state index contributed by atoms with van der Waals surface area (Å²) in [6.45, 7) is 0. The van der Waals surface area contributed by atoms with Gasteiger partial charge in [0.2, 0.25) is 0 Å². The van der Waals surface area contributed by atoms with Gasteiger partial charge in [-0.1, -0.05) is 25.7 Å². The Morgan fingerprint density at radius 3 is 2.36 bits per heavy atom. The van der Waals surface area contributed by atoms with Crippen LogP contribution in [0.25, 0.3) is 0 Å².